The van der Waals surface area contributed by atoms with Gasteiger partial charge in [0.1, 0.15) is 6.29 Å². The molecule has 0 aliphatic carbocycles. The summed E-state index contributed by atoms with van der Waals surface area (Å²) in [6.07, 6.45) is 3.74. The lowest BCUT2D eigenvalue weighted by Crippen LogP contribution is -2.10. The Bertz CT molecular complexity index is 338. The van der Waals surface area contributed by atoms with Gasteiger partial charge in [-0.1, -0.05) is 18.2 Å². The fourth-order valence-electron chi connectivity index (χ4n) is 0.909. The van der Waals surface area contributed by atoms with E-state index in [1.165, 1.54) is 6.08 Å². The highest BCUT2D eigenvalue weighted by Crippen LogP contribution is 2.04. The largest absolute Gasteiger partial charge is 0.366 e. The summed E-state index contributed by atoms with van der Waals surface area (Å²) < 4.78 is 0. The Morgan fingerprint density at radius 2 is 1.85 bits per heavy atom. The molecule has 0 radical (unpaired) electrons. The molecule has 0 fully saturated rings. The zero-order chi connectivity index (χ0) is 9.68. The first kappa shape index (κ1) is 9.19. The topological polar surface area (TPSA) is 60.2 Å². The molecule has 1 amide bonds. The molecule has 0 aliphatic heterocycles. The van der Waals surface area contributed by atoms with Crippen molar-refractivity contribution in [1.82, 2.24) is 0 Å². The Kier molecular flexibility index (Phi) is 2.97. The molecule has 0 unspecified atom stereocenters. The molecule has 66 valence electrons. The van der Waals surface area contributed by atoms with Crippen molar-refractivity contribution < 1.29 is 9.59 Å². The minimum absolute atomic E-state index is 0.453. The van der Waals surface area contributed by atoms with Crippen molar-refractivity contribution in [2.75, 3.05) is 0 Å². The Morgan fingerprint density at radius 3 is 2.31 bits per heavy atom. The number of nitrogens with two attached hydrogens (primary N) is 1. The SMILES string of the molecule is NC(=O)c1ccc(C=CC=O)cc1. The van der Waals surface area contributed by atoms with Crippen molar-refractivity contribution in [3.05, 3.63) is 41.5 Å². The van der Waals surface area contributed by atoms with Gasteiger partial charge in [0.15, 0.2) is 0 Å². The summed E-state index contributed by atoms with van der Waals surface area (Å²) in [4.78, 5) is 20.7. The molecule has 0 atom stereocenters. The molecule has 0 spiro atoms. The van der Waals surface area contributed by atoms with E-state index in [1.807, 2.05) is 0 Å². The lowest BCUT2D eigenvalue weighted by atomic mass is 10.1. The molecule has 1 aromatic carbocycles. The average molecular weight is 175 g/mol. The maximum Gasteiger partial charge on any atom is 0.248 e. The van der Waals surface area contributed by atoms with Crippen LogP contribution in [0.3, 0.4) is 0 Å². The van der Waals surface area contributed by atoms with E-state index in [2.05, 4.69) is 0 Å². The predicted octanol–water partition coefficient (Wildman–Crippen LogP) is 0.998. The van der Waals surface area contributed by atoms with Gasteiger partial charge in [-0.3, -0.25) is 9.59 Å². The smallest absolute Gasteiger partial charge is 0.248 e. The van der Waals surface area contributed by atoms with Gasteiger partial charge in [0.05, 0.1) is 0 Å². The van der Waals surface area contributed by atoms with Gasteiger partial charge < -0.3 is 5.73 Å². The van der Waals surface area contributed by atoms with Gasteiger partial charge in [-0.15, -0.1) is 0 Å². The van der Waals surface area contributed by atoms with Crippen LogP contribution in [0.1, 0.15) is 15.9 Å². The van der Waals surface area contributed by atoms with E-state index >= 15 is 0 Å². The summed E-state index contributed by atoms with van der Waals surface area (Å²) in [7, 11) is 0. The number of rotatable bonds is 3. The first-order valence-electron chi connectivity index (χ1n) is 3.76. The number of allylic oxidation sites excluding steroid dienone is 1. The molecule has 0 saturated heterocycles. The fraction of sp³-hybridized carbons (Fsp3) is 0. The second-order valence-corrected chi connectivity index (χ2v) is 2.48. The zero-order valence-corrected chi connectivity index (χ0v) is 6.94. The molecular formula is C10H9NO2. The minimum Gasteiger partial charge on any atom is -0.366 e. The third kappa shape index (κ3) is 2.56. The third-order valence-corrected chi connectivity index (χ3v) is 1.56. The van der Waals surface area contributed by atoms with Crippen molar-refractivity contribution >= 4 is 18.3 Å². The third-order valence-electron chi connectivity index (χ3n) is 1.56. The number of benzene rings is 1. The summed E-state index contributed by atoms with van der Waals surface area (Å²) in [5, 5.41) is 0. The van der Waals surface area contributed by atoms with Crippen molar-refractivity contribution in [1.29, 1.82) is 0 Å². The Labute approximate surface area is 75.9 Å². The zero-order valence-electron chi connectivity index (χ0n) is 6.94. The molecule has 0 saturated carbocycles. The van der Waals surface area contributed by atoms with Gasteiger partial charge >= 0.3 is 0 Å². The second kappa shape index (κ2) is 4.21. The number of carbonyl (C=O) groups excluding carboxylic acids is 2. The normalized spacial score (nSPS) is 10.2. The van der Waals surface area contributed by atoms with Gasteiger partial charge in [0.2, 0.25) is 5.91 Å². The lowest BCUT2D eigenvalue weighted by molar-refractivity contribution is -0.104. The van der Waals surface area contributed by atoms with Crippen LogP contribution in [-0.4, -0.2) is 12.2 Å². The monoisotopic (exact) mass is 175 g/mol. The molecular weight excluding hydrogens is 166 g/mol. The van der Waals surface area contributed by atoms with Crippen LogP contribution in [0, 0.1) is 0 Å². The molecule has 0 aromatic heterocycles. The molecule has 0 heterocycles. The van der Waals surface area contributed by atoms with Crippen LogP contribution in [0.15, 0.2) is 30.3 Å². The van der Waals surface area contributed by atoms with E-state index in [-0.39, 0.29) is 0 Å². The number of amides is 1. The highest BCUT2D eigenvalue weighted by Gasteiger charge is 1.97. The van der Waals surface area contributed by atoms with E-state index in [0.717, 1.165) is 5.56 Å². The molecule has 3 nitrogen and oxygen atoms in total. The Hall–Kier alpha value is -1.90. The highest BCUT2D eigenvalue weighted by molar-refractivity contribution is 5.93. The maximum absolute atomic E-state index is 10.7. The van der Waals surface area contributed by atoms with Crippen molar-refractivity contribution in [3.8, 4) is 0 Å². The molecule has 3 heteroatoms. The van der Waals surface area contributed by atoms with E-state index in [4.69, 9.17) is 5.73 Å². The van der Waals surface area contributed by atoms with Gasteiger partial charge in [-0.25, -0.2) is 0 Å². The summed E-state index contributed by atoms with van der Waals surface area (Å²) in [6.45, 7) is 0. The molecule has 0 aliphatic rings. The van der Waals surface area contributed by atoms with E-state index in [0.29, 0.717) is 11.8 Å². The number of hydrogen-bond acceptors (Lipinski definition) is 2. The number of carbonyl (C=O) groups is 2. The number of hydrogen-bond donors (Lipinski definition) is 1. The van der Waals surface area contributed by atoms with Crippen LogP contribution in [0.4, 0.5) is 0 Å². The van der Waals surface area contributed by atoms with Crippen LogP contribution in [0.2, 0.25) is 0 Å². The average Bonchev–Trinajstić information content (AvgIpc) is 2.15. The highest BCUT2D eigenvalue weighted by atomic mass is 16.1. The fourth-order valence-corrected chi connectivity index (χ4v) is 0.909. The van der Waals surface area contributed by atoms with Crippen LogP contribution >= 0.6 is 0 Å². The molecule has 1 aromatic rings. The van der Waals surface area contributed by atoms with E-state index in [1.54, 1.807) is 30.3 Å². The maximum atomic E-state index is 10.7. The summed E-state index contributed by atoms with van der Waals surface area (Å²) in [5.74, 6) is -0.453. The summed E-state index contributed by atoms with van der Waals surface area (Å²) >= 11 is 0. The Morgan fingerprint density at radius 1 is 1.23 bits per heavy atom. The van der Waals surface area contributed by atoms with Gasteiger partial charge in [-0.2, -0.15) is 0 Å². The van der Waals surface area contributed by atoms with Gasteiger partial charge in [0, 0.05) is 5.56 Å². The van der Waals surface area contributed by atoms with Crippen LogP contribution in [0.25, 0.3) is 6.08 Å². The summed E-state index contributed by atoms with van der Waals surface area (Å²) in [6, 6.07) is 6.68. The van der Waals surface area contributed by atoms with Crippen LogP contribution in [-0.2, 0) is 4.79 Å². The molecule has 0 bridgehead atoms. The molecule has 1 rings (SSSR count). The van der Waals surface area contributed by atoms with Crippen molar-refractivity contribution in [2.24, 2.45) is 5.73 Å². The minimum atomic E-state index is -0.453. The molecule has 13 heavy (non-hydrogen) atoms. The lowest BCUT2D eigenvalue weighted by Gasteiger charge is -1.95. The van der Waals surface area contributed by atoms with E-state index in [9.17, 15) is 9.59 Å². The number of primary amides is 1. The Balaban J connectivity index is 2.87. The summed E-state index contributed by atoms with van der Waals surface area (Å²) in [5.41, 5.74) is 6.37. The second-order valence-electron chi connectivity index (χ2n) is 2.48. The van der Waals surface area contributed by atoms with Crippen molar-refractivity contribution in [2.45, 2.75) is 0 Å². The van der Waals surface area contributed by atoms with Gasteiger partial charge in [-0.05, 0) is 23.8 Å². The quantitative estimate of drug-likeness (QED) is 0.550. The first-order valence-corrected chi connectivity index (χ1v) is 3.76. The van der Waals surface area contributed by atoms with E-state index < -0.39 is 5.91 Å². The molecule has 2 N–H and O–H groups in total. The van der Waals surface area contributed by atoms with Crippen LogP contribution in [0.5, 0.6) is 0 Å². The predicted molar refractivity (Wildman–Crippen MR) is 50.1 cm³/mol. The number of aldehydes is 1. The van der Waals surface area contributed by atoms with Crippen molar-refractivity contribution in [3.63, 3.8) is 0 Å². The van der Waals surface area contributed by atoms with Crippen LogP contribution < -0.4 is 5.73 Å². The first-order chi connectivity index (χ1) is 6.24. The van der Waals surface area contributed by atoms with Gasteiger partial charge in [0.25, 0.3) is 0 Å². The standard InChI is InChI=1S/C10H9NO2/c11-10(13)9-5-3-8(4-6-9)2-1-7-12/h1-7H,(H2,11,13).